The van der Waals surface area contributed by atoms with E-state index in [1.165, 1.54) is 0 Å². The summed E-state index contributed by atoms with van der Waals surface area (Å²) in [6.45, 7) is 4.13. The Morgan fingerprint density at radius 3 is 2.88 bits per heavy atom. The third kappa shape index (κ3) is 2.11. The molecule has 2 aromatic rings. The second-order valence-electron chi connectivity index (χ2n) is 4.00. The second-order valence-corrected chi connectivity index (χ2v) is 4.00. The summed E-state index contributed by atoms with van der Waals surface area (Å²) < 4.78 is 1.88. The van der Waals surface area contributed by atoms with Crippen LogP contribution in [-0.2, 0) is 6.42 Å². The topological polar surface area (TPSA) is 85.4 Å². The first-order valence-electron chi connectivity index (χ1n) is 5.31. The molecule has 0 radical (unpaired) electrons. The van der Waals surface area contributed by atoms with Gasteiger partial charge < -0.3 is 10.7 Å². The molecule has 1 atom stereocenters. The average molecular weight is 220 g/mol. The molecule has 0 amide bonds. The van der Waals surface area contributed by atoms with Crippen molar-refractivity contribution in [2.24, 2.45) is 5.73 Å². The van der Waals surface area contributed by atoms with Crippen molar-refractivity contribution in [1.82, 2.24) is 24.7 Å². The number of aromatic nitrogens is 5. The van der Waals surface area contributed by atoms with E-state index in [-0.39, 0.29) is 6.04 Å². The van der Waals surface area contributed by atoms with E-state index in [2.05, 4.69) is 33.9 Å². The summed E-state index contributed by atoms with van der Waals surface area (Å²) in [6.07, 6.45) is 5.65. The number of nitrogens with zero attached hydrogens (tertiary/aromatic N) is 4. The largest absolute Gasteiger partial charge is 0.347 e. The highest BCUT2D eigenvalue weighted by atomic mass is 15.3. The fraction of sp³-hybridized carbons (Fsp3) is 0.500. The van der Waals surface area contributed by atoms with Crippen molar-refractivity contribution in [3.63, 3.8) is 0 Å². The zero-order valence-electron chi connectivity index (χ0n) is 9.46. The molecule has 0 saturated carbocycles. The molecule has 3 N–H and O–H groups in total. The smallest absolute Gasteiger partial charge is 0.138 e. The highest BCUT2D eigenvalue weighted by Gasteiger charge is 2.14. The molecule has 0 aliphatic carbocycles. The van der Waals surface area contributed by atoms with Crippen LogP contribution in [0.4, 0.5) is 0 Å². The van der Waals surface area contributed by atoms with Gasteiger partial charge in [0.05, 0.1) is 6.04 Å². The molecular weight excluding hydrogens is 204 g/mol. The van der Waals surface area contributed by atoms with Crippen molar-refractivity contribution in [2.45, 2.75) is 32.4 Å². The Morgan fingerprint density at radius 1 is 1.44 bits per heavy atom. The van der Waals surface area contributed by atoms with E-state index in [1.54, 1.807) is 18.7 Å². The first-order valence-corrected chi connectivity index (χ1v) is 5.31. The third-order valence-electron chi connectivity index (χ3n) is 2.41. The summed E-state index contributed by atoms with van der Waals surface area (Å²) in [6, 6.07) is 0.123. The Balaban J connectivity index is 2.12. The lowest BCUT2D eigenvalue weighted by atomic mass is 10.2. The first-order chi connectivity index (χ1) is 7.68. The minimum atomic E-state index is -0.170. The number of hydrogen-bond donors (Lipinski definition) is 2. The maximum Gasteiger partial charge on any atom is 0.138 e. The van der Waals surface area contributed by atoms with Crippen LogP contribution in [0, 0.1) is 0 Å². The minimum absolute atomic E-state index is 0.170. The zero-order valence-corrected chi connectivity index (χ0v) is 9.46. The van der Waals surface area contributed by atoms with Crippen LogP contribution in [0.3, 0.4) is 0 Å². The first kappa shape index (κ1) is 10.8. The van der Waals surface area contributed by atoms with Crippen LogP contribution in [-0.4, -0.2) is 24.7 Å². The molecule has 6 heteroatoms. The zero-order chi connectivity index (χ0) is 11.5. The van der Waals surface area contributed by atoms with Gasteiger partial charge in [-0.1, -0.05) is 0 Å². The van der Waals surface area contributed by atoms with Gasteiger partial charge in [-0.3, -0.25) is 0 Å². The summed E-state index contributed by atoms with van der Waals surface area (Å²) >= 11 is 0. The summed E-state index contributed by atoms with van der Waals surface area (Å²) in [5.74, 6) is 1.66. The summed E-state index contributed by atoms with van der Waals surface area (Å²) in [5.41, 5.74) is 6.02. The Labute approximate surface area is 93.9 Å². The van der Waals surface area contributed by atoms with Gasteiger partial charge in [-0.05, 0) is 13.8 Å². The number of hydrogen-bond acceptors (Lipinski definition) is 4. The highest BCUT2D eigenvalue weighted by Crippen LogP contribution is 2.13. The third-order valence-corrected chi connectivity index (χ3v) is 2.41. The molecule has 0 aromatic carbocycles. The van der Waals surface area contributed by atoms with Gasteiger partial charge in [0.25, 0.3) is 0 Å². The Morgan fingerprint density at radius 2 is 2.25 bits per heavy atom. The summed E-state index contributed by atoms with van der Waals surface area (Å²) in [4.78, 5) is 11.4. The molecule has 1 unspecified atom stereocenters. The van der Waals surface area contributed by atoms with Crippen LogP contribution in [0.25, 0.3) is 0 Å². The molecule has 16 heavy (non-hydrogen) atoms. The highest BCUT2D eigenvalue weighted by molar-refractivity contribution is 5.00. The van der Waals surface area contributed by atoms with Crippen molar-refractivity contribution in [3.05, 3.63) is 30.4 Å². The Kier molecular flexibility index (Phi) is 3.00. The van der Waals surface area contributed by atoms with Crippen LogP contribution >= 0.6 is 0 Å². The van der Waals surface area contributed by atoms with Gasteiger partial charge in [0.2, 0.25) is 0 Å². The van der Waals surface area contributed by atoms with E-state index in [9.17, 15) is 0 Å². The number of H-pyrrole nitrogens is 1. The number of nitrogens with one attached hydrogen (secondary N) is 1. The van der Waals surface area contributed by atoms with Crippen LogP contribution in [0.2, 0.25) is 0 Å². The predicted octanol–water partition coefficient (Wildman–Crippen LogP) is 0.825. The standard InChI is InChI=1S/C10H16N6/c1-7(2)16-9(14-6-15-16)5-8(11)10-12-3-4-13-10/h3-4,6-8H,5,11H2,1-2H3,(H,12,13). The fourth-order valence-electron chi connectivity index (χ4n) is 1.63. The van der Waals surface area contributed by atoms with Crippen molar-refractivity contribution >= 4 is 0 Å². The van der Waals surface area contributed by atoms with Gasteiger partial charge in [0.1, 0.15) is 18.0 Å². The van der Waals surface area contributed by atoms with Crippen LogP contribution in [0.15, 0.2) is 18.7 Å². The maximum absolute atomic E-state index is 6.02. The van der Waals surface area contributed by atoms with E-state index in [0.29, 0.717) is 12.5 Å². The van der Waals surface area contributed by atoms with Crippen molar-refractivity contribution in [3.8, 4) is 0 Å². The summed E-state index contributed by atoms with van der Waals surface area (Å²) in [7, 11) is 0. The van der Waals surface area contributed by atoms with E-state index in [0.717, 1.165) is 11.6 Å². The number of nitrogens with two attached hydrogens (primary N) is 1. The molecule has 6 nitrogen and oxygen atoms in total. The molecule has 0 aliphatic rings. The normalized spacial score (nSPS) is 13.2. The number of rotatable bonds is 4. The maximum atomic E-state index is 6.02. The molecule has 0 spiro atoms. The van der Waals surface area contributed by atoms with Gasteiger partial charge in [-0.15, -0.1) is 0 Å². The predicted molar refractivity (Wildman–Crippen MR) is 59.6 cm³/mol. The van der Waals surface area contributed by atoms with E-state index < -0.39 is 0 Å². The van der Waals surface area contributed by atoms with Gasteiger partial charge >= 0.3 is 0 Å². The van der Waals surface area contributed by atoms with E-state index in [1.807, 2.05) is 4.68 Å². The Bertz CT molecular complexity index is 430. The van der Waals surface area contributed by atoms with Crippen molar-refractivity contribution in [2.75, 3.05) is 0 Å². The van der Waals surface area contributed by atoms with Crippen LogP contribution in [0.5, 0.6) is 0 Å². The molecule has 0 fully saturated rings. The second kappa shape index (κ2) is 4.44. The lowest BCUT2D eigenvalue weighted by molar-refractivity contribution is 0.490. The quantitative estimate of drug-likeness (QED) is 0.799. The summed E-state index contributed by atoms with van der Waals surface area (Å²) in [5, 5.41) is 4.17. The monoisotopic (exact) mass is 220 g/mol. The SMILES string of the molecule is CC(C)n1ncnc1CC(N)c1ncc[nH]1. The van der Waals surface area contributed by atoms with E-state index >= 15 is 0 Å². The molecule has 0 saturated heterocycles. The van der Waals surface area contributed by atoms with Gasteiger partial charge in [0, 0.05) is 24.9 Å². The van der Waals surface area contributed by atoms with Crippen LogP contribution < -0.4 is 5.73 Å². The molecule has 2 heterocycles. The van der Waals surface area contributed by atoms with Gasteiger partial charge in [-0.2, -0.15) is 5.10 Å². The van der Waals surface area contributed by atoms with Crippen molar-refractivity contribution < 1.29 is 0 Å². The number of imidazole rings is 1. The van der Waals surface area contributed by atoms with Gasteiger partial charge in [-0.25, -0.2) is 14.6 Å². The Hall–Kier alpha value is -1.69. The lowest BCUT2D eigenvalue weighted by Crippen LogP contribution is -2.19. The lowest BCUT2D eigenvalue weighted by Gasteiger charge is -2.12. The molecular formula is C10H16N6. The fourth-order valence-corrected chi connectivity index (χ4v) is 1.63. The molecule has 2 rings (SSSR count). The van der Waals surface area contributed by atoms with Gasteiger partial charge in [0.15, 0.2) is 0 Å². The van der Waals surface area contributed by atoms with Crippen LogP contribution in [0.1, 0.15) is 37.6 Å². The molecule has 2 aromatic heterocycles. The molecule has 0 bridgehead atoms. The van der Waals surface area contributed by atoms with Crippen molar-refractivity contribution in [1.29, 1.82) is 0 Å². The molecule has 0 aliphatic heterocycles. The number of aromatic amines is 1. The van der Waals surface area contributed by atoms with E-state index in [4.69, 9.17) is 5.73 Å². The minimum Gasteiger partial charge on any atom is -0.347 e. The molecule has 86 valence electrons. The average Bonchev–Trinajstić information content (AvgIpc) is 2.86.